The second-order valence-corrected chi connectivity index (χ2v) is 5.08. The molecule has 0 amide bonds. The summed E-state index contributed by atoms with van der Waals surface area (Å²) in [6.45, 7) is 2.13. The van der Waals surface area contributed by atoms with Crippen molar-refractivity contribution >= 4 is 10.1 Å². The van der Waals surface area contributed by atoms with Crippen LogP contribution in [0.4, 0.5) is 0 Å². The number of pyridine rings is 1. The average Bonchev–Trinajstić information content (AvgIpc) is 2.16. The molecule has 1 rings (SSSR count). The minimum atomic E-state index is -4.37. The number of hydrogen-bond acceptors (Lipinski definition) is 4. The smallest absolute Gasteiger partial charge is 0.175 e. The first-order chi connectivity index (χ1) is 7.40. The maximum atomic E-state index is 10.4. The van der Waals surface area contributed by atoms with Crippen LogP contribution in [0, 0.1) is 0 Å². The van der Waals surface area contributed by atoms with Gasteiger partial charge in [0.15, 0.2) is 18.9 Å². The molecule has 0 aliphatic heterocycles. The molecule has 0 bridgehead atoms. The monoisotopic (exact) mass is 245 g/mol. The third kappa shape index (κ3) is 4.69. The highest BCUT2D eigenvalue weighted by Gasteiger charge is 2.13. The molecule has 0 aliphatic rings. The van der Waals surface area contributed by atoms with Crippen molar-refractivity contribution in [2.75, 3.05) is 5.75 Å². The lowest BCUT2D eigenvalue weighted by Crippen LogP contribution is -2.41. The molecule has 0 saturated heterocycles. The molecular formula is C10H15NO4S. The summed E-state index contributed by atoms with van der Waals surface area (Å²) in [5.74, 6) is -0.754. The summed E-state index contributed by atoms with van der Waals surface area (Å²) in [7, 11) is -4.37. The van der Waals surface area contributed by atoms with E-state index in [0.29, 0.717) is 0 Å². The Morgan fingerprint density at radius 2 is 2.00 bits per heavy atom. The zero-order valence-corrected chi connectivity index (χ0v) is 9.85. The molecule has 0 aliphatic carbocycles. The van der Waals surface area contributed by atoms with Crippen molar-refractivity contribution in [1.82, 2.24) is 0 Å². The zero-order valence-electron chi connectivity index (χ0n) is 9.04. The molecule has 0 spiro atoms. The van der Waals surface area contributed by atoms with Crippen LogP contribution in [0.2, 0.25) is 0 Å². The summed E-state index contributed by atoms with van der Waals surface area (Å²) in [6.07, 6.45) is 3.25. The van der Waals surface area contributed by atoms with Gasteiger partial charge in [-0.2, -0.15) is 0 Å². The Kier molecular flexibility index (Phi) is 4.40. The quantitative estimate of drug-likeness (QED) is 0.557. The molecule has 16 heavy (non-hydrogen) atoms. The van der Waals surface area contributed by atoms with Crippen LogP contribution in [0.25, 0.3) is 0 Å². The standard InChI is InChI=1S/C10H15NO4S/c1-2-9-3-5-11(6-4-9)7-10(12)8-16(13,14)15/h3-6,10,12H,2,7-8H2,1H3. The zero-order chi connectivity index (χ0) is 12.2. The van der Waals surface area contributed by atoms with E-state index < -0.39 is 22.0 Å². The van der Waals surface area contributed by atoms with Gasteiger partial charge in [-0.25, -0.2) is 13.0 Å². The van der Waals surface area contributed by atoms with E-state index >= 15 is 0 Å². The van der Waals surface area contributed by atoms with E-state index in [1.54, 1.807) is 17.0 Å². The summed E-state index contributed by atoms with van der Waals surface area (Å²) < 4.78 is 32.9. The summed E-state index contributed by atoms with van der Waals surface area (Å²) in [5.41, 5.74) is 1.15. The topological polar surface area (TPSA) is 81.3 Å². The van der Waals surface area contributed by atoms with Gasteiger partial charge in [0, 0.05) is 12.1 Å². The lowest BCUT2D eigenvalue weighted by atomic mass is 10.2. The predicted octanol–water partition coefficient (Wildman–Crippen LogP) is -0.557. The van der Waals surface area contributed by atoms with E-state index in [0.717, 1.165) is 12.0 Å². The van der Waals surface area contributed by atoms with Gasteiger partial charge in [0.2, 0.25) is 0 Å². The first-order valence-electron chi connectivity index (χ1n) is 5.00. The van der Waals surface area contributed by atoms with Gasteiger partial charge in [0.05, 0.1) is 15.9 Å². The maximum absolute atomic E-state index is 10.4. The van der Waals surface area contributed by atoms with Gasteiger partial charge in [0.1, 0.15) is 6.10 Å². The Balaban J connectivity index is 2.59. The summed E-state index contributed by atoms with van der Waals surface area (Å²) >= 11 is 0. The first kappa shape index (κ1) is 13.1. The number of nitrogens with zero attached hydrogens (tertiary/aromatic N) is 1. The van der Waals surface area contributed by atoms with E-state index in [-0.39, 0.29) is 6.54 Å². The second kappa shape index (κ2) is 5.38. The fraction of sp³-hybridized carbons (Fsp3) is 0.500. The second-order valence-electron chi connectivity index (χ2n) is 3.63. The third-order valence-corrected chi connectivity index (χ3v) is 2.98. The first-order valence-corrected chi connectivity index (χ1v) is 6.58. The number of aliphatic hydroxyl groups is 1. The summed E-state index contributed by atoms with van der Waals surface area (Å²) in [5, 5.41) is 9.36. The Bertz CT molecular complexity index is 427. The van der Waals surface area contributed by atoms with Crippen molar-refractivity contribution in [2.45, 2.75) is 26.0 Å². The van der Waals surface area contributed by atoms with Crippen LogP contribution in [-0.2, 0) is 23.1 Å². The maximum Gasteiger partial charge on any atom is 0.175 e. The molecule has 6 heteroatoms. The van der Waals surface area contributed by atoms with Gasteiger partial charge in [-0.3, -0.25) is 0 Å². The highest BCUT2D eigenvalue weighted by Crippen LogP contribution is 1.96. The Morgan fingerprint density at radius 3 is 2.44 bits per heavy atom. The molecule has 1 heterocycles. The number of aliphatic hydroxyl groups excluding tert-OH is 1. The van der Waals surface area contributed by atoms with Gasteiger partial charge >= 0.3 is 0 Å². The van der Waals surface area contributed by atoms with Crippen LogP contribution in [0.1, 0.15) is 12.5 Å². The fourth-order valence-electron chi connectivity index (χ4n) is 1.38. The number of hydrogen-bond donors (Lipinski definition) is 1. The molecule has 0 aromatic carbocycles. The highest BCUT2D eigenvalue weighted by molar-refractivity contribution is 7.85. The van der Waals surface area contributed by atoms with Crippen molar-refractivity contribution in [1.29, 1.82) is 0 Å². The molecule has 1 N–H and O–H groups in total. The van der Waals surface area contributed by atoms with E-state index in [9.17, 15) is 18.1 Å². The molecule has 0 radical (unpaired) electrons. The molecule has 90 valence electrons. The Morgan fingerprint density at radius 1 is 1.44 bits per heavy atom. The van der Waals surface area contributed by atoms with Crippen molar-refractivity contribution in [3.8, 4) is 0 Å². The van der Waals surface area contributed by atoms with Crippen LogP contribution in [0.3, 0.4) is 0 Å². The van der Waals surface area contributed by atoms with E-state index in [1.165, 1.54) is 0 Å². The minimum Gasteiger partial charge on any atom is -0.748 e. The van der Waals surface area contributed by atoms with Crippen molar-refractivity contribution in [3.05, 3.63) is 30.1 Å². The fourth-order valence-corrected chi connectivity index (χ4v) is 1.95. The van der Waals surface area contributed by atoms with Crippen LogP contribution in [0.5, 0.6) is 0 Å². The van der Waals surface area contributed by atoms with E-state index in [1.807, 2.05) is 19.1 Å². The highest BCUT2D eigenvalue weighted by atomic mass is 32.2. The normalized spacial score (nSPS) is 13.7. The summed E-state index contributed by atoms with van der Waals surface area (Å²) in [4.78, 5) is 0. The number of rotatable bonds is 5. The lowest BCUT2D eigenvalue weighted by molar-refractivity contribution is -0.703. The average molecular weight is 245 g/mol. The largest absolute Gasteiger partial charge is 0.748 e. The van der Waals surface area contributed by atoms with E-state index in [2.05, 4.69) is 0 Å². The van der Waals surface area contributed by atoms with Crippen LogP contribution in [-0.4, -0.2) is 29.9 Å². The third-order valence-electron chi connectivity index (χ3n) is 2.19. The predicted molar refractivity (Wildman–Crippen MR) is 56.6 cm³/mol. The number of aryl methyl sites for hydroxylation is 1. The van der Waals surface area contributed by atoms with Crippen LogP contribution in [0.15, 0.2) is 24.5 Å². The molecule has 0 fully saturated rings. The van der Waals surface area contributed by atoms with Crippen LogP contribution < -0.4 is 4.57 Å². The van der Waals surface area contributed by atoms with Crippen molar-refractivity contribution in [2.24, 2.45) is 0 Å². The molecular weight excluding hydrogens is 230 g/mol. The molecule has 1 aromatic heterocycles. The van der Waals surface area contributed by atoms with Crippen molar-refractivity contribution < 1.29 is 22.6 Å². The molecule has 1 aromatic rings. The SMILES string of the molecule is CCc1cc[n+](CC(O)CS(=O)(=O)[O-])cc1. The summed E-state index contributed by atoms with van der Waals surface area (Å²) in [6, 6.07) is 3.77. The van der Waals surface area contributed by atoms with E-state index in [4.69, 9.17) is 0 Å². The molecule has 0 saturated carbocycles. The van der Waals surface area contributed by atoms with Crippen LogP contribution >= 0.6 is 0 Å². The lowest BCUT2D eigenvalue weighted by Gasteiger charge is -2.10. The molecule has 1 unspecified atom stereocenters. The Labute approximate surface area is 95.1 Å². The Hall–Kier alpha value is -0.980. The van der Waals surface area contributed by atoms with Gasteiger partial charge in [-0.1, -0.05) is 6.92 Å². The van der Waals surface area contributed by atoms with Gasteiger partial charge in [-0.05, 0) is 12.0 Å². The van der Waals surface area contributed by atoms with Crippen molar-refractivity contribution in [3.63, 3.8) is 0 Å². The molecule has 5 nitrogen and oxygen atoms in total. The van der Waals surface area contributed by atoms with Gasteiger partial charge < -0.3 is 9.66 Å². The van der Waals surface area contributed by atoms with Gasteiger partial charge in [0.25, 0.3) is 0 Å². The minimum absolute atomic E-state index is 0.103. The van der Waals surface area contributed by atoms with Gasteiger partial charge in [-0.15, -0.1) is 0 Å². The number of aromatic nitrogens is 1. The molecule has 1 atom stereocenters.